The smallest absolute Gasteiger partial charge is 0.408 e. The van der Waals surface area contributed by atoms with Crippen LogP contribution in [-0.4, -0.2) is 45.9 Å². The van der Waals surface area contributed by atoms with Gasteiger partial charge in [0.05, 0.1) is 19.5 Å². The van der Waals surface area contributed by atoms with E-state index in [1.165, 1.54) is 19.5 Å². The molecule has 0 aliphatic rings. The number of carboxylic acid groups (broad SMARTS) is 1. The highest BCUT2D eigenvalue weighted by Gasteiger charge is 2.25. The molecule has 1 amide bonds. The van der Waals surface area contributed by atoms with E-state index in [4.69, 9.17) is 14.6 Å². The second-order valence-corrected chi connectivity index (χ2v) is 5.28. The summed E-state index contributed by atoms with van der Waals surface area (Å²) in [6.07, 6.45) is 1.99. The zero-order chi connectivity index (χ0) is 16.0. The van der Waals surface area contributed by atoms with E-state index in [9.17, 15) is 9.59 Å². The SMILES string of the molecule is COc1cnc(CC(NC(=O)OC(C)(C)C)C(=O)O)nc1. The average molecular weight is 297 g/mol. The van der Waals surface area contributed by atoms with Crippen LogP contribution >= 0.6 is 0 Å². The molecule has 0 bridgehead atoms. The van der Waals surface area contributed by atoms with Crippen molar-refractivity contribution in [3.63, 3.8) is 0 Å². The summed E-state index contributed by atoms with van der Waals surface area (Å²) in [5.41, 5.74) is -0.705. The Labute approximate surface area is 122 Å². The van der Waals surface area contributed by atoms with Crippen LogP contribution in [0.25, 0.3) is 0 Å². The number of nitrogens with zero attached hydrogens (tertiary/aromatic N) is 2. The maximum atomic E-state index is 11.6. The van der Waals surface area contributed by atoms with Gasteiger partial charge in [0, 0.05) is 6.42 Å². The van der Waals surface area contributed by atoms with E-state index in [-0.39, 0.29) is 12.2 Å². The molecule has 2 N–H and O–H groups in total. The Hall–Kier alpha value is -2.38. The molecule has 0 saturated heterocycles. The zero-order valence-corrected chi connectivity index (χ0v) is 12.4. The first kappa shape index (κ1) is 16.7. The molecule has 0 saturated carbocycles. The largest absolute Gasteiger partial charge is 0.494 e. The monoisotopic (exact) mass is 297 g/mol. The fourth-order valence-electron chi connectivity index (χ4n) is 1.39. The van der Waals surface area contributed by atoms with Crippen molar-refractivity contribution in [2.45, 2.75) is 38.8 Å². The van der Waals surface area contributed by atoms with Gasteiger partial charge in [0.2, 0.25) is 0 Å². The van der Waals surface area contributed by atoms with Gasteiger partial charge >= 0.3 is 12.1 Å². The van der Waals surface area contributed by atoms with Gasteiger partial charge in [-0.25, -0.2) is 19.6 Å². The van der Waals surface area contributed by atoms with Gasteiger partial charge in [0.15, 0.2) is 5.75 Å². The maximum absolute atomic E-state index is 11.6. The molecule has 1 rings (SSSR count). The Balaban J connectivity index is 2.69. The van der Waals surface area contributed by atoms with E-state index < -0.39 is 23.7 Å². The van der Waals surface area contributed by atoms with Gasteiger partial charge in [-0.2, -0.15) is 0 Å². The van der Waals surface area contributed by atoms with Crippen LogP contribution in [0, 0.1) is 0 Å². The number of methoxy groups -OCH3 is 1. The topological polar surface area (TPSA) is 111 Å². The first-order chi connectivity index (χ1) is 9.71. The lowest BCUT2D eigenvalue weighted by Crippen LogP contribution is -2.44. The Morgan fingerprint density at radius 1 is 1.33 bits per heavy atom. The number of carbonyl (C=O) groups is 2. The van der Waals surface area contributed by atoms with Crippen molar-refractivity contribution in [2.75, 3.05) is 7.11 Å². The van der Waals surface area contributed by atoms with Crippen LogP contribution in [0.2, 0.25) is 0 Å². The fraction of sp³-hybridized carbons (Fsp3) is 0.538. The van der Waals surface area contributed by atoms with E-state index >= 15 is 0 Å². The molecule has 0 spiro atoms. The van der Waals surface area contributed by atoms with Crippen LogP contribution in [0.1, 0.15) is 26.6 Å². The fourth-order valence-corrected chi connectivity index (χ4v) is 1.39. The predicted molar refractivity (Wildman–Crippen MR) is 73.1 cm³/mol. The average Bonchev–Trinajstić information content (AvgIpc) is 2.36. The van der Waals surface area contributed by atoms with Crippen LogP contribution in [0.5, 0.6) is 5.75 Å². The van der Waals surface area contributed by atoms with Crippen LogP contribution in [-0.2, 0) is 16.0 Å². The van der Waals surface area contributed by atoms with Crippen molar-refractivity contribution in [3.05, 3.63) is 18.2 Å². The normalized spacial score (nSPS) is 12.4. The number of hydrogen-bond donors (Lipinski definition) is 2. The van der Waals surface area contributed by atoms with Crippen LogP contribution in [0.4, 0.5) is 4.79 Å². The van der Waals surface area contributed by atoms with Crippen molar-refractivity contribution in [1.29, 1.82) is 0 Å². The first-order valence-electron chi connectivity index (χ1n) is 6.28. The van der Waals surface area contributed by atoms with Crippen LogP contribution < -0.4 is 10.1 Å². The third-order valence-corrected chi connectivity index (χ3v) is 2.29. The lowest BCUT2D eigenvalue weighted by Gasteiger charge is -2.21. The van der Waals surface area contributed by atoms with E-state index in [1.54, 1.807) is 20.8 Å². The molecule has 0 aromatic carbocycles. The summed E-state index contributed by atoms with van der Waals surface area (Å²) >= 11 is 0. The maximum Gasteiger partial charge on any atom is 0.408 e. The number of alkyl carbamates (subject to hydrolysis) is 1. The van der Waals surface area contributed by atoms with E-state index in [0.29, 0.717) is 5.75 Å². The third-order valence-electron chi connectivity index (χ3n) is 2.29. The summed E-state index contributed by atoms with van der Waals surface area (Å²) in [5, 5.41) is 11.4. The van der Waals surface area contributed by atoms with E-state index in [0.717, 1.165) is 0 Å². The summed E-state index contributed by atoms with van der Waals surface area (Å²) < 4.78 is 9.93. The van der Waals surface area contributed by atoms with Crippen molar-refractivity contribution in [2.24, 2.45) is 0 Å². The zero-order valence-electron chi connectivity index (χ0n) is 12.4. The van der Waals surface area contributed by atoms with Gasteiger partial charge in [0.1, 0.15) is 17.5 Å². The molecular weight excluding hydrogens is 278 g/mol. The predicted octanol–water partition coefficient (Wildman–Crippen LogP) is 1.01. The van der Waals surface area contributed by atoms with Crippen molar-refractivity contribution in [3.8, 4) is 5.75 Å². The molecule has 1 heterocycles. The van der Waals surface area contributed by atoms with Gasteiger partial charge in [-0.1, -0.05) is 0 Å². The summed E-state index contributed by atoms with van der Waals surface area (Å²) in [6.45, 7) is 5.07. The molecule has 0 aliphatic carbocycles. The molecule has 0 aliphatic heterocycles. The molecule has 1 unspecified atom stereocenters. The second-order valence-electron chi connectivity index (χ2n) is 5.28. The molecule has 21 heavy (non-hydrogen) atoms. The molecule has 8 heteroatoms. The van der Waals surface area contributed by atoms with Gasteiger partial charge in [0.25, 0.3) is 0 Å². The highest BCUT2D eigenvalue weighted by atomic mass is 16.6. The summed E-state index contributed by atoms with van der Waals surface area (Å²) in [4.78, 5) is 30.7. The van der Waals surface area contributed by atoms with Gasteiger partial charge in [-0.05, 0) is 20.8 Å². The number of aromatic nitrogens is 2. The molecule has 1 aromatic heterocycles. The number of rotatable bonds is 5. The number of carbonyl (C=O) groups excluding carboxylic acids is 1. The standard InChI is InChI=1S/C13H19N3O5/c1-13(2,3)21-12(19)16-9(11(17)18)5-10-14-6-8(20-4)7-15-10/h6-7,9H,5H2,1-4H3,(H,16,19)(H,17,18). The minimum absolute atomic E-state index is 0.0570. The Morgan fingerprint density at radius 3 is 2.33 bits per heavy atom. The Kier molecular flexibility index (Phi) is 5.45. The highest BCUT2D eigenvalue weighted by molar-refractivity contribution is 5.80. The number of nitrogens with one attached hydrogen (secondary N) is 1. The third kappa shape index (κ3) is 6.07. The summed E-state index contributed by atoms with van der Waals surface area (Å²) in [5.74, 6) is -0.453. The van der Waals surface area contributed by atoms with E-state index in [2.05, 4.69) is 15.3 Å². The van der Waals surface area contributed by atoms with Gasteiger partial charge in [-0.15, -0.1) is 0 Å². The minimum atomic E-state index is -1.19. The van der Waals surface area contributed by atoms with Crippen molar-refractivity contribution in [1.82, 2.24) is 15.3 Å². The van der Waals surface area contributed by atoms with Gasteiger partial charge < -0.3 is 19.9 Å². The number of aliphatic carboxylic acids is 1. The molecule has 0 fully saturated rings. The Morgan fingerprint density at radius 2 is 1.90 bits per heavy atom. The van der Waals surface area contributed by atoms with Crippen molar-refractivity contribution < 1.29 is 24.2 Å². The summed E-state index contributed by atoms with van der Waals surface area (Å²) in [6, 6.07) is -1.17. The first-order valence-corrected chi connectivity index (χ1v) is 6.28. The number of amides is 1. The number of ether oxygens (including phenoxy) is 2. The number of hydrogen-bond acceptors (Lipinski definition) is 6. The van der Waals surface area contributed by atoms with Crippen LogP contribution in [0.3, 0.4) is 0 Å². The lowest BCUT2D eigenvalue weighted by molar-refractivity contribution is -0.139. The van der Waals surface area contributed by atoms with Crippen molar-refractivity contribution >= 4 is 12.1 Å². The van der Waals surface area contributed by atoms with Crippen LogP contribution in [0.15, 0.2) is 12.4 Å². The Bertz CT molecular complexity index is 496. The quantitative estimate of drug-likeness (QED) is 0.834. The highest BCUT2D eigenvalue weighted by Crippen LogP contribution is 2.09. The minimum Gasteiger partial charge on any atom is -0.494 e. The molecule has 0 radical (unpaired) electrons. The molecule has 8 nitrogen and oxygen atoms in total. The molecule has 1 aromatic rings. The molecule has 1 atom stereocenters. The molecular formula is C13H19N3O5. The summed E-state index contributed by atoms with van der Waals surface area (Å²) in [7, 11) is 1.47. The lowest BCUT2D eigenvalue weighted by atomic mass is 10.2. The molecule has 116 valence electrons. The van der Waals surface area contributed by atoms with Gasteiger partial charge in [-0.3, -0.25) is 0 Å². The van der Waals surface area contributed by atoms with E-state index in [1.807, 2.05) is 0 Å². The number of carboxylic acids is 1. The second kappa shape index (κ2) is 6.87.